The van der Waals surface area contributed by atoms with E-state index in [1.165, 1.54) is 12.1 Å². The zero-order valence-corrected chi connectivity index (χ0v) is 10.7. The molecular formula is C15H11FN2O2. The highest BCUT2D eigenvalue weighted by Crippen LogP contribution is 2.27. The number of hydrogen-bond donors (Lipinski definition) is 0. The number of pyridine rings is 1. The van der Waals surface area contributed by atoms with Gasteiger partial charge in [0.05, 0.1) is 0 Å². The molecule has 0 fully saturated rings. The normalized spacial score (nSPS) is 10.7. The summed E-state index contributed by atoms with van der Waals surface area (Å²) in [4.78, 5) is 15.5. The molecule has 5 heteroatoms. The van der Waals surface area contributed by atoms with Crippen LogP contribution in [0, 0.1) is 12.7 Å². The van der Waals surface area contributed by atoms with Crippen molar-refractivity contribution in [2.45, 2.75) is 6.92 Å². The largest absolute Gasteiger partial charge is 0.437 e. The van der Waals surface area contributed by atoms with E-state index in [-0.39, 0.29) is 5.88 Å². The molecule has 0 aliphatic carbocycles. The van der Waals surface area contributed by atoms with Crippen LogP contribution in [0.25, 0.3) is 5.65 Å². The third-order valence-corrected chi connectivity index (χ3v) is 3.00. The van der Waals surface area contributed by atoms with E-state index in [4.69, 9.17) is 4.74 Å². The lowest BCUT2D eigenvalue weighted by atomic mass is 10.2. The molecule has 0 aliphatic rings. The number of fused-ring (bicyclic) bond motifs is 1. The average molecular weight is 270 g/mol. The number of aromatic nitrogens is 2. The smallest absolute Gasteiger partial charge is 0.249 e. The Labute approximate surface area is 114 Å². The third-order valence-electron chi connectivity index (χ3n) is 3.00. The van der Waals surface area contributed by atoms with Gasteiger partial charge in [0.15, 0.2) is 12.0 Å². The number of hydrogen-bond acceptors (Lipinski definition) is 3. The first-order valence-corrected chi connectivity index (χ1v) is 6.05. The number of imidazole rings is 1. The summed E-state index contributed by atoms with van der Waals surface area (Å²) in [7, 11) is 0. The Morgan fingerprint density at radius 1 is 1.30 bits per heavy atom. The highest BCUT2D eigenvalue weighted by molar-refractivity contribution is 5.78. The van der Waals surface area contributed by atoms with Crippen molar-refractivity contribution >= 4 is 11.9 Å². The lowest BCUT2D eigenvalue weighted by molar-refractivity contribution is 0.111. The van der Waals surface area contributed by atoms with Gasteiger partial charge in [0.2, 0.25) is 5.88 Å². The van der Waals surface area contributed by atoms with Crippen LogP contribution in [0.15, 0.2) is 42.6 Å². The predicted octanol–water partition coefficient (Wildman–Crippen LogP) is 3.39. The van der Waals surface area contributed by atoms with Crippen molar-refractivity contribution in [1.82, 2.24) is 9.38 Å². The first kappa shape index (κ1) is 12.3. The molecule has 0 saturated carbocycles. The van der Waals surface area contributed by atoms with Gasteiger partial charge in [0.1, 0.15) is 17.2 Å². The number of carbonyl (C=O) groups excluding carboxylic acids is 1. The van der Waals surface area contributed by atoms with Crippen molar-refractivity contribution in [2.24, 2.45) is 0 Å². The van der Waals surface area contributed by atoms with Crippen LogP contribution >= 0.6 is 0 Å². The lowest BCUT2D eigenvalue weighted by Gasteiger charge is -2.06. The quantitative estimate of drug-likeness (QED) is 0.685. The van der Waals surface area contributed by atoms with Gasteiger partial charge < -0.3 is 4.74 Å². The minimum Gasteiger partial charge on any atom is -0.437 e. The summed E-state index contributed by atoms with van der Waals surface area (Å²) in [6, 6.07) is 9.60. The Bertz CT molecular complexity index is 796. The maximum absolute atomic E-state index is 13.3. The minimum absolute atomic E-state index is 0.167. The van der Waals surface area contributed by atoms with E-state index in [0.29, 0.717) is 23.4 Å². The summed E-state index contributed by atoms with van der Waals surface area (Å²) < 4.78 is 20.5. The van der Waals surface area contributed by atoms with E-state index in [2.05, 4.69) is 4.98 Å². The summed E-state index contributed by atoms with van der Waals surface area (Å²) >= 11 is 0. The molecule has 0 spiro atoms. The van der Waals surface area contributed by atoms with Crippen LogP contribution in [-0.2, 0) is 0 Å². The number of nitrogens with zero attached hydrogens (tertiary/aromatic N) is 2. The van der Waals surface area contributed by atoms with Crippen molar-refractivity contribution in [2.75, 3.05) is 0 Å². The average Bonchev–Trinajstić information content (AvgIpc) is 2.80. The maximum Gasteiger partial charge on any atom is 0.249 e. The van der Waals surface area contributed by atoms with Crippen LogP contribution in [0.1, 0.15) is 16.1 Å². The number of halogens is 1. The molecule has 0 aliphatic heterocycles. The molecule has 4 nitrogen and oxygen atoms in total. The Morgan fingerprint density at radius 3 is 2.95 bits per heavy atom. The topological polar surface area (TPSA) is 43.6 Å². The number of aldehydes is 1. The Morgan fingerprint density at radius 2 is 2.15 bits per heavy atom. The fourth-order valence-electron chi connectivity index (χ4n) is 1.96. The van der Waals surface area contributed by atoms with Crippen LogP contribution in [-0.4, -0.2) is 15.7 Å². The van der Waals surface area contributed by atoms with Crippen molar-refractivity contribution in [3.05, 3.63) is 59.7 Å². The molecule has 20 heavy (non-hydrogen) atoms. The van der Waals surface area contributed by atoms with Crippen molar-refractivity contribution < 1.29 is 13.9 Å². The SMILES string of the molecule is Cc1ccc(F)cc1Oc1nc2ccccn2c1C=O. The molecule has 3 aromatic rings. The monoisotopic (exact) mass is 270 g/mol. The van der Waals surface area contributed by atoms with Gasteiger partial charge in [-0.05, 0) is 30.7 Å². The van der Waals surface area contributed by atoms with Crippen LogP contribution in [0.3, 0.4) is 0 Å². The highest BCUT2D eigenvalue weighted by Gasteiger charge is 2.14. The van der Waals surface area contributed by atoms with E-state index >= 15 is 0 Å². The van der Waals surface area contributed by atoms with E-state index in [0.717, 1.165) is 5.56 Å². The summed E-state index contributed by atoms with van der Waals surface area (Å²) in [6.07, 6.45) is 2.39. The number of ether oxygens (including phenoxy) is 1. The lowest BCUT2D eigenvalue weighted by Crippen LogP contribution is -1.94. The van der Waals surface area contributed by atoms with Crippen molar-refractivity contribution in [3.63, 3.8) is 0 Å². The van der Waals surface area contributed by atoms with E-state index in [9.17, 15) is 9.18 Å². The number of rotatable bonds is 3. The highest BCUT2D eigenvalue weighted by atomic mass is 19.1. The fourth-order valence-corrected chi connectivity index (χ4v) is 1.96. The van der Waals surface area contributed by atoms with Gasteiger partial charge in [-0.2, -0.15) is 4.98 Å². The zero-order valence-electron chi connectivity index (χ0n) is 10.7. The molecule has 2 heterocycles. The van der Waals surface area contributed by atoms with Gasteiger partial charge in [-0.25, -0.2) is 4.39 Å². The van der Waals surface area contributed by atoms with Gasteiger partial charge in [-0.15, -0.1) is 0 Å². The first-order valence-electron chi connectivity index (χ1n) is 6.05. The Hall–Kier alpha value is -2.69. The van der Waals surface area contributed by atoms with Gasteiger partial charge in [-0.1, -0.05) is 12.1 Å². The number of benzene rings is 1. The summed E-state index contributed by atoms with van der Waals surface area (Å²) in [5, 5.41) is 0. The second kappa shape index (κ2) is 4.77. The molecule has 2 aromatic heterocycles. The molecule has 0 unspecified atom stereocenters. The van der Waals surface area contributed by atoms with Crippen LogP contribution in [0.5, 0.6) is 11.6 Å². The second-order valence-corrected chi connectivity index (χ2v) is 4.36. The van der Waals surface area contributed by atoms with E-state index in [1.807, 2.05) is 6.07 Å². The first-order chi connectivity index (χ1) is 9.69. The molecule has 0 radical (unpaired) electrons. The Balaban J connectivity index is 2.10. The van der Waals surface area contributed by atoms with E-state index < -0.39 is 5.82 Å². The summed E-state index contributed by atoms with van der Waals surface area (Å²) in [5.74, 6) is 0.110. The van der Waals surface area contributed by atoms with Crippen LogP contribution in [0.4, 0.5) is 4.39 Å². The van der Waals surface area contributed by atoms with Gasteiger partial charge >= 0.3 is 0 Å². The summed E-state index contributed by atoms with van der Waals surface area (Å²) in [6.45, 7) is 1.80. The van der Waals surface area contributed by atoms with Gasteiger partial charge in [0, 0.05) is 12.3 Å². The van der Waals surface area contributed by atoms with Crippen LogP contribution < -0.4 is 4.74 Å². The molecule has 0 saturated heterocycles. The molecule has 0 amide bonds. The van der Waals surface area contributed by atoms with Crippen molar-refractivity contribution in [1.29, 1.82) is 0 Å². The van der Waals surface area contributed by atoms with Crippen molar-refractivity contribution in [3.8, 4) is 11.6 Å². The molecule has 3 rings (SSSR count). The molecule has 0 bridgehead atoms. The predicted molar refractivity (Wildman–Crippen MR) is 71.8 cm³/mol. The van der Waals surface area contributed by atoms with E-state index in [1.54, 1.807) is 35.7 Å². The van der Waals surface area contributed by atoms with Crippen LogP contribution in [0.2, 0.25) is 0 Å². The summed E-state index contributed by atoms with van der Waals surface area (Å²) in [5.41, 5.74) is 1.66. The molecule has 0 atom stereocenters. The maximum atomic E-state index is 13.3. The molecule has 1 aromatic carbocycles. The Kier molecular flexibility index (Phi) is 2.95. The zero-order chi connectivity index (χ0) is 14.1. The molecule has 0 N–H and O–H groups in total. The molecule has 100 valence electrons. The van der Waals surface area contributed by atoms with Gasteiger partial charge in [0.25, 0.3) is 0 Å². The standard InChI is InChI=1S/C15H11FN2O2/c1-10-5-6-11(16)8-13(10)20-15-12(9-19)18-7-3-2-4-14(18)17-15/h2-9H,1H3. The van der Waals surface area contributed by atoms with Gasteiger partial charge in [-0.3, -0.25) is 9.20 Å². The number of carbonyl (C=O) groups is 1. The minimum atomic E-state index is -0.401. The molecular weight excluding hydrogens is 259 g/mol. The number of aryl methyl sites for hydroxylation is 1. The third kappa shape index (κ3) is 2.03. The second-order valence-electron chi connectivity index (χ2n) is 4.36. The fraction of sp³-hybridized carbons (Fsp3) is 0.0667.